The average Bonchev–Trinajstić information content (AvgIpc) is 3.09. The average molecular weight is 367 g/mol. The summed E-state index contributed by atoms with van der Waals surface area (Å²) < 4.78 is 1.88. The highest BCUT2D eigenvalue weighted by molar-refractivity contribution is 6.30. The summed E-state index contributed by atoms with van der Waals surface area (Å²) in [5, 5.41) is 17.8. The normalized spacial score (nSPS) is 15.9. The molecular formula is C20H19ClN4O. The van der Waals surface area contributed by atoms with Gasteiger partial charge in [-0.15, -0.1) is 0 Å². The van der Waals surface area contributed by atoms with Gasteiger partial charge in [0.2, 0.25) is 5.95 Å². The number of nitrogens with zero attached hydrogens (tertiary/aromatic N) is 3. The monoisotopic (exact) mass is 366 g/mol. The third kappa shape index (κ3) is 3.36. The predicted molar refractivity (Wildman–Crippen MR) is 103 cm³/mol. The van der Waals surface area contributed by atoms with Gasteiger partial charge >= 0.3 is 0 Å². The number of aryl methyl sites for hydroxylation is 1. The van der Waals surface area contributed by atoms with Crippen LogP contribution in [0.2, 0.25) is 5.02 Å². The molecule has 0 bridgehead atoms. The van der Waals surface area contributed by atoms with Crippen molar-refractivity contribution in [1.29, 1.82) is 0 Å². The van der Waals surface area contributed by atoms with Crippen LogP contribution in [0.15, 0.2) is 60.7 Å². The van der Waals surface area contributed by atoms with E-state index in [2.05, 4.69) is 33.6 Å². The minimum absolute atomic E-state index is 0.101. The van der Waals surface area contributed by atoms with E-state index in [1.807, 2.05) is 47.1 Å². The van der Waals surface area contributed by atoms with Gasteiger partial charge in [0.1, 0.15) is 6.04 Å². The lowest BCUT2D eigenvalue weighted by molar-refractivity contribution is 0.287. The van der Waals surface area contributed by atoms with Crippen molar-refractivity contribution < 1.29 is 5.11 Å². The van der Waals surface area contributed by atoms with Crippen LogP contribution in [0.25, 0.3) is 5.70 Å². The minimum Gasteiger partial charge on any atom is -0.396 e. The quantitative estimate of drug-likeness (QED) is 0.718. The first-order chi connectivity index (χ1) is 12.7. The molecule has 3 aromatic rings. The van der Waals surface area contributed by atoms with Crippen LogP contribution < -0.4 is 5.32 Å². The Kier molecular flexibility index (Phi) is 4.73. The molecule has 0 fully saturated rings. The lowest BCUT2D eigenvalue weighted by Crippen LogP contribution is -2.20. The highest BCUT2D eigenvalue weighted by Gasteiger charge is 2.25. The van der Waals surface area contributed by atoms with Gasteiger partial charge in [-0.1, -0.05) is 54.1 Å². The van der Waals surface area contributed by atoms with Gasteiger partial charge in [-0.05, 0) is 35.8 Å². The molecule has 2 N–H and O–H groups in total. The summed E-state index contributed by atoms with van der Waals surface area (Å²) >= 11 is 6.21. The SMILES string of the molecule is OCCCc1nc2n(n1)[C@@H](c1cccc(Cl)c1)C=C(c1ccccc1)N2. The number of aromatic nitrogens is 3. The maximum Gasteiger partial charge on any atom is 0.226 e. The second-order valence-electron chi connectivity index (χ2n) is 6.19. The topological polar surface area (TPSA) is 63.0 Å². The molecule has 6 heteroatoms. The van der Waals surface area contributed by atoms with E-state index in [0.717, 1.165) is 22.6 Å². The first-order valence-electron chi connectivity index (χ1n) is 8.60. The van der Waals surface area contributed by atoms with Crippen LogP contribution in [0.3, 0.4) is 0 Å². The molecule has 0 aliphatic carbocycles. The standard InChI is InChI=1S/C20H19ClN4O/c21-16-9-4-8-15(12-16)18-13-17(14-6-2-1-3-7-14)22-20-23-19(10-5-11-26)24-25(18)20/h1-4,6-9,12-13,18,26H,5,10-11H2,(H,22,23,24)/t18-/m1/s1. The van der Waals surface area contributed by atoms with Crippen LogP contribution in [-0.4, -0.2) is 26.5 Å². The summed E-state index contributed by atoms with van der Waals surface area (Å²) in [6.45, 7) is 0.128. The molecule has 0 unspecified atom stereocenters. The molecule has 26 heavy (non-hydrogen) atoms. The van der Waals surface area contributed by atoms with Crippen molar-refractivity contribution >= 4 is 23.2 Å². The zero-order valence-electron chi connectivity index (χ0n) is 14.1. The van der Waals surface area contributed by atoms with Crippen LogP contribution in [-0.2, 0) is 6.42 Å². The molecule has 0 saturated heterocycles. The fourth-order valence-corrected chi connectivity index (χ4v) is 3.29. The van der Waals surface area contributed by atoms with Gasteiger partial charge in [-0.3, -0.25) is 0 Å². The third-order valence-corrected chi connectivity index (χ3v) is 4.58. The van der Waals surface area contributed by atoms with Crippen LogP contribution in [0.5, 0.6) is 0 Å². The van der Waals surface area contributed by atoms with E-state index in [0.29, 0.717) is 23.8 Å². The molecule has 2 heterocycles. The Labute approximate surface area is 157 Å². The number of hydrogen-bond acceptors (Lipinski definition) is 4. The van der Waals surface area contributed by atoms with Gasteiger partial charge < -0.3 is 10.4 Å². The molecular weight excluding hydrogens is 348 g/mol. The van der Waals surface area contributed by atoms with E-state index in [-0.39, 0.29) is 12.6 Å². The van der Waals surface area contributed by atoms with Gasteiger partial charge in [-0.2, -0.15) is 10.1 Å². The van der Waals surface area contributed by atoms with E-state index < -0.39 is 0 Å². The Balaban J connectivity index is 1.78. The molecule has 132 valence electrons. The van der Waals surface area contributed by atoms with Gasteiger partial charge in [0.05, 0.1) is 0 Å². The number of rotatable bonds is 5. The largest absolute Gasteiger partial charge is 0.396 e. The lowest BCUT2D eigenvalue weighted by atomic mass is 10.0. The predicted octanol–water partition coefficient (Wildman–Crippen LogP) is 3.91. The molecule has 0 amide bonds. The first kappa shape index (κ1) is 16.8. The summed E-state index contributed by atoms with van der Waals surface area (Å²) in [5.41, 5.74) is 3.13. The van der Waals surface area contributed by atoms with Crippen molar-refractivity contribution in [1.82, 2.24) is 14.8 Å². The zero-order valence-corrected chi connectivity index (χ0v) is 14.9. The summed E-state index contributed by atoms with van der Waals surface area (Å²) in [4.78, 5) is 4.62. The number of nitrogens with one attached hydrogen (secondary N) is 1. The Hall–Kier alpha value is -2.63. The zero-order chi connectivity index (χ0) is 17.9. The fourth-order valence-electron chi connectivity index (χ4n) is 3.09. The molecule has 2 aromatic carbocycles. The Morgan fingerprint density at radius 3 is 2.73 bits per heavy atom. The molecule has 1 aliphatic rings. The van der Waals surface area contributed by atoms with E-state index in [9.17, 15) is 0 Å². The second kappa shape index (κ2) is 7.32. The molecule has 0 spiro atoms. The van der Waals surface area contributed by atoms with E-state index in [1.165, 1.54) is 0 Å². The molecule has 1 aliphatic heterocycles. The van der Waals surface area contributed by atoms with Crippen molar-refractivity contribution in [2.24, 2.45) is 0 Å². The van der Waals surface area contributed by atoms with Crippen molar-refractivity contribution in [3.05, 3.63) is 82.6 Å². The minimum atomic E-state index is -0.101. The number of aliphatic hydroxyl groups is 1. The third-order valence-electron chi connectivity index (χ3n) is 4.34. The Morgan fingerprint density at radius 2 is 1.96 bits per heavy atom. The number of aliphatic hydroxyl groups excluding tert-OH is 1. The maximum absolute atomic E-state index is 9.08. The summed E-state index contributed by atoms with van der Waals surface area (Å²) in [6, 6.07) is 17.8. The summed E-state index contributed by atoms with van der Waals surface area (Å²) in [6.07, 6.45) is 3.42. The first-order valence-corrected chi connectivity index (χ1v) is 8.98. The van der Waals surface area contributed by atoms with Crippen molar-refractivity contribution in [3.8, 4) is 0 Å². The van der Waals surface area contributed by atoms with Gasteiger partial charge in [0.25, 0.3) is 0 Å². The summed E-state index contributed by atoms with van der Waals surface area (Å²) in [5.74, 6) is 1.42. The van der Waals surface area contributed by atoms with Gasteiger partial charge in [0.15, 0.2) is 5.82 Å². The van der Waals surface area contributed by atoms with Gasteiger partial charge in [-0.25, -0.2) is 4.68 Å². The maximum atomic E-state index is 9.08. The van der Waals surface area contributed by atoms with Crippen LogP contribution in [0.1, 0.15) is 29.4 Å². The number of fused-ring (bicyclic) bond motifs is 1. The summed E-state index contributed by atoms with van der Waals surface area (Å²) in [7, 11) is 0. The number of anilines is 1. The molecule has 0 saturated carbocycles. The van der Waals surface area contributed by atoms with Crippen LogP contribution in [0, 0.1) is 0 Å². The van der Waals surface area contributed by atoms with Crippen molar-refractivity contribution in [2.75, 3.05) is 11.9 Å². The lowest BCUT2D eigenvalue weighted by Gasteiger charge is -2.24. The Bertz CT molecular complexity index is 936. The highest BCUT2D eigenvalue weighted by atomic mass is 35.5. The number of allylic oxidation sites excluding steroid dienone is 1. The molecule has 4 rings (SSSR count). The molecule has 5 nitrogen and oxygen atoms in total. The van der Waals surface area contributed by atoms with E-state index in [1.54, 1.807) is 0 Å². The van der Waals surface area contributed by atoms with Crippen molar-refractivity contribution in [2.45, 2.75) is 18.9 Å². The fraction of sp³-hybridized carbons (Fsp3) is 0.200. The second-order valence-corrected chi connectivity index (χ2v) is 6.63. The van der Waals surface area contributed by atoms with Crippen molar-refractivity contribution in [3.63, 3.8) is 0 Å². The van der Waals surface area contributed by atoms with Gasteiger partial charge in [0, 0.05) is 23.7 Å². The number of halogens is 1. The Morgan fingerprint density at radius 1 is 1.12 bits per heavy atom. The van der Waals surface area contributed by atoms with E-state index in [4.69, 9.17) is 16.7 Å². The molecule has 1 atom stereocenters. The number of hydrogen-bond donors (Lipinski definition) is 2. The van der Waals surface area contributed by atoms with E-state index >= 15 is 0 Å². The number of benzene rings is 2. The highest BCUT2D eigenvalue weighted by Crippen LogP contribution is 2.33. The molecule has 1 aromatic heterocycles. The smallest absolute Gasteiger partial charge is 0.226 e. The van der Waals surface area contributed by atoms with Crippen LogP contribution in [0.4, 0.5) is 5.95 Å². The molecule has 0 radical (unpaired) electrons. The van der Waals surface area contributed by atoms with Crippen LogP contribution >= 0.6 is 11.6 Å².